The van der Waals surface area contributed by atoms with Crippen LogP contribution in [0.1, 0.15) is 24.0 Å². The summed E-state index contributed by atoms with van der Waals surface area (Å²) >= 11 is 0. The van der Waals surface area contributed by atoms with Crippen LogP contribution in [0, 0.1) is 11.7 Å². The Morgan fingerprint density at radius 2 is 1.67 bits per heavy atom. The maximum atomic E-state index is 14.2. The Balaban J connectivity index is 1.63. The number of likely N-dealkylation sites (N-methyl/N-ethyl adjacent to an activating group) is 1. The van der Waals surface area contributed by atoms with Crippen LogP contribution in [-0.4, -0.2) is 68.7 Å². The van der Waals surface area contributed by atoms with Gasteiger partial charge in [0.1, 0.15) is 5.82 Å². The van der Waals surface area contributed by atoms with Crippen LogP contribution in [-0.2, 0) is 21.4 Å². The molecule has 2 aromatic carbocycles. The quantitative estimate of drug-likeness (QED) is 0.560. The van der Waals surface area contributed by atoms with Crippen LogP contribution in [0.5, 0.6) is 0 Å². The predicted molar refractivity (Wildman–Crippen MR) is 129 cm³/mol. The van der Waals surface area contributed by atoms with Crippen molar-refractivity contribution in [2.24, 2.45) is 5.92 Å². The minimum absolute atomic E-state index is 0.0445. The molecule has 0 atom stereocenters. The fraction of sp³-hybridized carbons (Fsp3) is 0.400. The molecule has 0 radical (unpaired) electrons. The number of carbonyl (C=O) groups is 1. The van der Waals surface area contributed by atoms with E-state index < -0.39 is 10.0 Å². The lowest BCUT2D eigenvalue weighted by molar-refractivity contribution is -0.137. The molecule has 8 heteroatoms. The summed E-state index contributed by atoms with van der Waals surface area (Å²) in [6, 6.07) is 15.8. The maximum absolute atomic E-state index is 14.2. The predicted octanol–water partition coefficient (Wildman–Crippen LogP) is 3.43. The van der Waals surface area contributed by atoms with Crippen molar-refractivity contribution < 1.29 is 17.6 Å². The topological polar surface area (TPSA) is 60.9 Å². The number of carbonyl (C=O) groups excluding carboxylic acids is 1. The first-order valence-corrected chi connectivity index (χ1v) is 12.7. The van der Waals surface area contributed by atoms with Gasteiger partial charge in [-0.25, -0.2) is 12.8 Å². The molecular formula is C25H32FN3O3S. The number of hydrogen-bond acceptors (Lipinski definition) is 4. The van der Waals surface area contributed by atoms with E-state index in [1.165, 1.54) is 15.8 Å². The standard InChI is InChI=1S/C25H32FN3O3S/c1-27(2)17-18-28(20-23-10-6-7-11-24(23)26)25(30)22-12-15-29(16-13-22)33(31,32)19-14-21-8-4-3-5-9-21/h3-11,14,19,22H,12-13,15-18,20H2,1-2H3/b19-14+. The third-order valence-corrected chi connectivity index (χ3v) is 7.41. The zero-order valence-electron chi connectivity index (χ0n) is 19.2. The van der Waals surface area contributed by atoms with Crippen LogP contribution in [0.25, 0.3) is 6.08 Å². The molecule has 0 aliphatic carbocycles. The lowest BCUT2D eigenvalue weighted by Gasteiger charge is -2.33. The average molecular weight is 474 g/mol. The van der Waals surface area contributed by atoms with Crippen LogP contribution >= 0.6 is 0 Å². The Morgan fingerprint density at radius 3 is 2.30 bits per heavy atom. The highest BCUT2D eigenvalue weighted by molar-refractivity contribution is 7.92. The van der Waals surface area contributed by atoms with Crippen LogP contribution in [0.15, 0.2) is 60.0 Å². The fourth-order valence-corrected chi connectivity index (χ4v) is 5.07. The molecule has 1 aliphatic heterocycles. The number of nitrogens with zero attached hydrogens (tertiary/aromatic N) is 3. The van der Waals surface area contributed by atoms with E-state index in [2.05, 4.69) is 0 Å². The summed E-state index contributed by atoms with van der Waals surface area (Å²) in [6.45, 7) is 1.94. The highest BCUT2D eigenvalue weighted by Gasteiger charge is 2.32. The summed E-state index contributed by atoms with van der Waals surface area (Å²) in [5.74, 6) is -0.647. The summed E-state index contributed by atoms with van der Waals surface area (Å²) in [7, 11) is 0.302. The number of amides is 1. The molecule has 0 unspecified atom stereocenters. The van der Waals surface area contributed by atoms with Crippen molar-refractivity contribution in [3.8, 4) is 0 Å². The smallest absolute Gasteiger partial charge is 0.236 e. The molecule has 1 saturated heterocycles. The molecule has 1 fully saturated rings. The highest BCUT2D eigenvalue weighted by Crippen LogP contribution is 2.24. The van der Waals surface area contributed by atoms with Gasteiger partial charge < -0.3 is 9.80 Å². The van der Waals surface area contributed by atoms with E-state index in [0.717, 1.165) is 5.56 Å². The van der Waals surface area contributed by atoms with Crippen molar-refractivity contribution >= 4 is 22.0 Å². The first-order chi connectivity index (χ1) is 15.8. The van der Waals surface area contributed by atoms with Crippen molar-refractivity contribution in [1.29, 1.82) is 0 Å². The zero-order valence-corrected chi connectivity index (χ0v) is 20.0. The summed E-state index contributed by atoms with van der Waals surface area (Å²) < 4.78 is 41.1. The maximum Gasteiger partial charge on any atom is 0.236 e. The molecule has 0 saturated carbocycles. The van der Waals surface area contributed by atoms with Gasteiger partial charge in [-0.05, 0) is 44.6 Å². The van der Waals surface area contributed by atoms with Crippen LogP contribution in [0.2, 0.25) is 0 Å². The first-order valence-electron chi connectivity index (χ1n) is 11.2. The number of halogens is 1. The Kier molecular flexibility index (Phi) is 8.77. The molecule has 0 N–H and O–H groups in total. The third kappa shape index (κ3) is 7.22. The lowest BCUT2D eigenvalue weighted by Crippen LogP contribution is -2.45. The zero-order chi connectivity index (χ0) is 23.8. The van der Waals surface area contributed by atoms with Crippen molar-refractivity contribution in [2.45, 2.75) is 19.4 Å². The molecule has 6 nitrogen and oxygen atoms in total. The normalized spacial score (nSPS) is 15.9. The van der Waals surface area contributed by atoms with Gasteiger partial charge in [0.15, 0.2) is 0 Å². The van der Waals surface area contributed by atoms with Gasteiger partial charge in [-0.15, -0.1) is 0 Å². The summed E-state index contributed by atoms with van der Waals surface area (Å²) in [5, 5.41) is 1.23. The monoisotopic (exact) mass is 473 g/mol. The Hall–Kier alpha value is -2.55. The molecule has 0 bridgehead atoms. The lowest BCUT2D eigenvalue weighted by atomic mass is 9.96. The molecule has 1 aliphatic rings. The molecule has 0 aromatic heterocycles. The van der Waals surface area contributed by atoms with Gasteiger partial charge >= 0.3 is 0 Å². The number of benzene rings is 2. The van der Waals surface area contributed by atoms with Crippen LogP contribution < -0.4 is 0 Å². The Labute approximate surface area is 196 Å². The number of hydrogen-bond donors (Lipinski definition) is 0. The van der Waals surface area contributed by atoms with Crippen molar-refractivity contribution in [3.05, 3.63) is 76.9 Å². The van der Waals surface area contributed by atoms with Crippen molar-refractivity contribution in [3.63, 3.8) is 0 Å². The average Bonchev–Trinajstić information content (AvgIpc) is 2.82. The molecule has 1 heterocycles. The first kappa shape index (κ1) is 25.1. The second-order valence-corrected chi connectivity index (χ2v) is 10.4. The van der Waals surface area contributed by atoms with Gasteiger partial charge in [0, 0.05) is 49.6 Å². The van der Waals surface area contributed by atoms with Gasteiger partial charge in [0.05, 0.1) is 0 Å². The van der Waals surface area contributed by atoms with E-state index in [9.17, 15) is 17.6 Å². The van der Waals surface area contributed by atoms with Crippen LogP contribution in [0.4, 0.5) is 4.39 Å². The Morgan fingerprint density at radius 1 is 1.03 bits per heavy atom. The van der Waals surface area contributed by atoms with Crippen molar-refractivity contribution in [2.75, 3.05) is 40.3 Å². The minimum atomic E-state index is -3.55. The van der Waals surface area contributed by atoms with E-state index in [0.29, 0.717) is 44.6 Å². The van der Waals surface area contributed by atoms with Crippen molar-refractivity contribution in [1.82, 2.24) is 14.1 Å². The number of sulfonamides is 1. The molecule has 33 heavy (non-hydrogen) atoms. The molecule has 2 aromatic rings. The van der Waals surface area contributed by atoms with Crippen LogP contribution in [0.3, 0.4) is 0 Å². The van der Waals surface area contributed by atoms with E-state index >= 15 is 0 Å². The molecule has 3 rings (SSSR count). The molecule has 178 valence electrons. The Bertz CT molecular complexity index is 1050. The molecule has 1 amide bonds. The van der Waals surface area contributed by atoms with E-state index in [1.807, 2.05) is 49.3 Å². The van der Waals surface area contributed by atoms with Gasteiger partial charge in [-0.3, -0.25) is 4.79 Å². The summed E-state index contributed by atoms with van der Waals surface area (Å²) in [4.78, 5) is 17.0. The minimum Gasteiger partial charge on any atom is -0.337 e. The summed E-state index contributed by atoms with van der Waals surface area (Å²) in [5.41, 5.74) is 1.30. The van der Waals surface area contributed by atoms with E-state index in [-0.39, 0.29) is 24.2 Å². The van der Waals surface area contributed by atoms with E-state index in [1.54, 1.807) is 29.2 Å². The molecule has 0 spiro atoms. The second kappa shape index (κ2) is 11.5. The second-order valence-electron chi connectivity index (χ2n) is 8.59. The SMILES string of the molecule is CN(C)CCN(Cc1ccccc1F)C(=O)C1CCN(S(=O)(=O)/C=C/c2ccccc2)CC1. The fourth-order valence-electron chi connectivity index (χ4n) is 3.85. The largest absolute Gasteiger partial charge is 0.337 e. The van der Waals surface area contributed by atoms with E-state index in [4.69, 9.17) is 0 Å². The number of rotatable bonds is 9. The van der Waals surface area contributed by atoms with Gasteiger partial charge in [-0.1, -0.05) is 48.5 Å². The summed E-state index contributed by atoms with van der Waals surface area (Å²) in [6.07, 6.45) is 2.49. The van der Waals surface area contributed by atoms with Gasteiger partial charge in [-0.2, -0.15) is 4.31 Å². The molecular weight excluding hydrogens is 441 g/mol. The highest BCUT2D eigenvalue weighted by atomic mass is 32.2. The van der Waals surface area contributed by atoms with Gasteiger partial charge in [0.2, 0.25) is 15.9 Å². The van der Waals surface area contributed by atoms with Gasteiger partial charge in [0.25, 0.3) is 0 Å². The number of piperidine rings is 1. The third-order valence-electron chi connectivity index (χ3n) is 5.84.